The van der Waals surface area contributed by atoms with E-state index >= 15 is 0 Å². The van der Waals surface area contributed by atoms with Gasteiger partial charge in [0.15, 0.2) is 5.60 Å². The molecule has 20 heavy (non-hydrogen) atoms. The lowest BCUT2D eigenvalue weighted by atomic mass is 9.91. The molecule has 1 N–H and O–H groups in total. The van der Waals surface area contributed by atoms with Crippen molar-refractivity contribution in [2.24, 2.45) is 0 Å². The molecule has 5 nitrogen and oxygen atoms in total. The number of hydrogen-bond acceptors (Lipinski definition) is 4. The predicted octanol–water partition coefficient (Wildman–Crippen LogP) is 1.60. The van der Waals surface area contributed by atoms with E-state index < -0.39 is 11.7 Å². The van der Waals surface area contributed by atoms with Gasteiger partial charge in [-0.15, -0.1) is 0 Å². The Kier molecular flexibility index (Phi) is 3.22. The van der Waals surface area contributed by atoms with Crippen molar-refractivity contribution in [1.82, 2.24) is 10.2 Å². The molecule has 0 unspecified atom stereocenters. The number of carbonyl (C=O) groups excluding carboxylic acids is 2. The van der Waals surface area contributed by atoms with Gasteiger partial charge in [0.2, 0.25) is 0 Å². The standard InChI is InChI=1S/C15H18N2O3/c1-11-4-2-3-5-12(11)10-17-13(18)15(20-14(17)19)6-8-16-9-7-15/h2-5,16H,6-10H2,1H3. The number of ether oxygens (including phenoxy) is 1. The summed E-state index contributed by atoms with van der Waals surface area (Å²) in [5.74, 6) is -0.188. The van der Waals surface area contributed by atoms with Crippen LogP contribution in [0.15, 0.2) is 24.3 Å². The maximum Gasteiger partial charge on any atom is 0.418 e. The number of nitrogens with one attached hydrogen (secondary N) is 1. The van der Waals surface area contributed by atoms with E-state index in [2.05, 4.69) is 5.32 Å². The summed E-state index contributed by atoms with van der Waals surface area (Å²) in [5.41, 5.74) is 1.12. The number of rotatable bonds is 2. The van der Waals surface area contributed by atoms with Crippen LogP contribution in [0.3, 0.4) is 0 Å². The molecule has 2 saturated heterocycles. The maximum atomic E-state index is 12.6. The molecule has 0 bridgehead atoms. The fourth-order valence-electron chi connectivity index (χ4n) is 2.84. The summed E-state index contributed by atoms with van der Waals surface area (Å²) >= 11 is 0. The van der Waals surface area contributed by atoms with Crippen LogP contribution in [-0.4, -0.2) is 35.6 Å². The zero-order valence-electron chi connectivity index (χ0n) is 11.5. The number of amides is 2. The van der Waals surface area contributed by atoms with Gasteiger partial charge in [0.1, 0.15) is 0 Å². The van der Waals surface area contributed by atoms with E-state index in [-0.39, 0.29) is 5.91 Å². The van der Waals surface area contributed by atoms with Crippen molar-refractivity contribution in [3.05, 3.63) is 35.4 Å². The third kappa shape index (κ3) is 2.08. The first kappa shape index (κ1) is 13.1. The van der Waals surface area contributed by atoms with Crippen molar-refractivity contribution < 1.29 is 14.3 Å². The van der Waals surface area contributed by atoms with Gasteiger partial charge in [0.05, 0.1) is 6.54 Å². The number of benzene rings is 1. The Bertz CT molecular complexity index is 550. The normalized spacial score (nSPS) is 21.4. The summed E-state index contributed by atoms with van der Waals surface area (Å²) in [6.45, 7) is 3.68. The number of aryl methyl sites for hydroxylation is 1. The van der Waals surface area contributed by atoms with Crippen molar-refractivity contribution >= 4 is 12.0 Å². The van der Waals surface area contributed by atoms with E-state index in [0.29, 0.717) is 32.5 Å². The monoisotopic (exact) mass is 274 g/mol. The fraction of sp³-hybridized carbons (Fsp3) is 0.467. The minimum Gasteiger partial charge on any atom is -0.432 e. The number of imide groups is 1. The lowest BCUT2D eigenvalue weighted by molar-refractivity contribution is -0.139. The van der Waals surface area contributed by atoms with Crippen molar-refractivity contribution in [2.75, 3.05) is 13.1 Å². The van der Waals surface area contributed by atoms with Gasteiger partial charge in [-0.3, -0.25) is 4.79 Å². The zero-order valence-corrected chi connectivity index (χ0v) is 11.5. The smallest absolute Gasteiger partial charge is 0.418 e. The molecule has 1 aromatic rings. The molecule has 0 aliphatic carbocycles. The molecule has 2 heterocycles. The Labute approximate surface area is 117 Å². The lowest BCUT2D eigenvalue weighted by Crippen LogP contribution is -2.48. The first-order valence-corrected chi connectivity index (χ1v) is 6.93. The highest BCUT2D eigenvalue weighted by Crippen LogP contribution is 2.33. The summed E-state index contributed by atoms with van der Waals surface area (Å²) in [6.07, 6.45) is 0.601. The zero-order chi connectivity index (χ0) is 14.2. The first-order chi connectivity index (χ1) is 9.62. The number of carbonyl (C=O) groups is 2. The van der Waals surface area contributed by atoms with Crippen molar-refractivity contribution in [1.29, 1.82) is 0 Å². The molecule has 2 fully saturated rings. The number of hydrogen-bond donors (Lipinski definition) is 1. The van der Waals surface area contributed by atoms with Gasteiger partial charge >= 0.3 is 6.09 Å². The van der Waals surface area contributed by atoms with Crippen molar-refractivity contribution in [3.63, 3.8) is 0 Å². The van der Waals surface area contributed by atoms with E-state index in [1.807, 2.05) is 31.2 Å². The van der Waals surface area contributed by atoms with Crippen LogP contribution in [-0.2, 0) is 16.1 Å². The third-order valence-electron chi connectivity index (χ3n) is 4.14. The van der Waals surface area contributed by atoms with Gasteiger partial charge in [0, 0.05) is 12.8 Å². The van der Waals surface area contributed by atoms with Crippen molar-refractivity contribution in [3.8, 4) is 0 Å². The molecule has 1 aromatic carbocycles. The summed E-state index contributed by atoms with van der Waals surface area (Å²) in [5, 5.41) is 3.18. The molecule has 5 heteroatoms. The van der Waals surface area contributed by atoms with E-state index in [0.717, 1.165) is 11.1 Å². The molecule has 2 aliphatic rings. The minimum atomic E-state index is -0.926. The summed E-state index contributed by atoms with van der Waals surface area (Å²) < 4.78 is 5.42. The van der Waals surface area contributed by atoms with Gasteiger partial charge in [-0.25, -0.2) is 9.69 Å². The molecule has 1 spiro atoms. The second-order valence-electron chi connectivity index (χ2n) is 5.43. The SMILES string of the molecule is Cc1ccccc1CN1C(=O)OC2(CCNCC2)C1=O. The van der Waals surface area contributed by atoms with Crippen LogP contribution < -0.4 is 5.32 Å². The largest absolute Gasteiger partial charge is 0.432 e. The van der Waals surface area contributed by atoms with Gasteiger partial charge in [-0.2, -0.15) is 0 Å². The Balaban J connectivity index is 1.82. The molecule has 3 rings (SSSR count). The average Bonchev–Trinajstić information content (AvgIpc) is 2.66. The molecular formula is C15H18N2O3. The lowest BCUT2D eigenvalue weighted by Gasteiger charge is -2.29. The molecule has 0 saturated carbocycles. The summed E-state index contributed by atoms with van der Waals surface area (Å²) in [7, 11) is 0. The van der Waals surface area contributed by atoms with E-state index in [9.17, 15) is 9.59 Å². The predicted molar refractivity (Wildman–Crippen MR) is 73.0 cm³/mol. The molecule has 106 valence electrons. The number of nitrogens with zero attached hydrogens (tertiary/aromatic N) is 1. The van der Waals surface area contributed by atoms with Crippen LogP contribution in [0.5, 0.6) is 0 Å². The minimum absolute atomic E-state index is 0.188. The summed E-state index contributed by atoms with van der Waals surface area (Å²) in [4.78, 5) is 25.8. The van der Waals surface area contributed by atoms with E-state index in [4.69, 9.17) is 4.74 Å². The number of piperidine rings is 1. The molecular weight excluding hydrogens is 256 g/mol. The second kappa shape index (κ2) is 4.90. The van der Waals surface area contributed by atoms with Gasteiger partial charge in [0.25, 0.3) is 5.91 Å². The Hall–Kier alpha value is -1.88. The maximum absolute atomic E-state index is 12.6. The molecule has 0 radical (unpaired) electrons. The Morgan fingerprint density at radius 1 is 1.25 bits per heavy atom. The van der Waals surface area contributed by atoms with Crippen molar-refractivity contribution in [2.45, 2.75) is 31.9 Å². The van der Waals surface area contributed by atoms with Crippen LogP contribution in [0, 0.1) is 6.92 Å². The van der Waals surface area contributed by atoms with Crippen LogP contribution >= 0.6 is 0 Å². The Morgan fingerprint density at radius 2 is 1.95 bits per heavy atom. The second-order valence-corrected chi connectivity index (χ2v) is 5.43. The molecule has 2 amide bonds. The Morgan fingerprint density at radius 3 is 2.65 bits per heavy atom. The molecule has 0 aromatic heterocycles. The highest BCUT2D eigenvalue weighted by atomic mass is 16.6. The average molecular weight is 274 g/mol. The first-order valence-electron chi connectivity index (χ1n) is 6.93. The third-order valence-corrected chi connectivity index (χ3v) is 4.14. The molecule has 2 aliphatic heterocycles. The highest BCUT2D eigenvalue weighted by molar-refractivity contribution is 6.02. The van der Waals surface area contributed by atoms with E-state index in [1.54, 1.807) is 0 Å². The highest BCUT2D eigenvalue weighted by Gasteiger charge is 2.53. The van der Waals surface area contributed by atoms with Gasteiger partial charge in [-0.05, 0) is 31.1 Å². The molecule has 0 atom stereocenters. The van der Waals surface area contributed by atoms with Crippen LogP contribution in [0.1, 0.15) is 24.0 Å². The fourth-order valence-corrected chi connectivity index (χ4v) is 2.84. The topological polar surface area (TPSA) is 58.6 Å². The van der Waals surface area contributed by atoms with Crippen LogP contribution in [0.4, 0.5) is 4.79 Å². The quantitative estimate of drug-likeness (QED) is 0.890. The summed E-state index contributed by atoms with van der Waals surface area (Å²) in [6, 6.07) is 7.76. The van der Waals surface area contributed by atoms with Gasteiger partial charge in [-0.1, -0.05) is 24.3 Å². The van der Waals surface area contributed by atoms with Gasteiger partial charge < -0.3 is 10.1 Å². The van der Waals surface area contributed by atoms with E-state index in [1.165, 1.54) is 4.90 Å². The van der Waals surface area contributed by atoms with Crippen LogP contribution in [0.2, 0.25) is 0 Å². The van der Waals surface area contributed by atoms with Crippen LogP contribution in [0.25, 0.3) is 0 Å².